The predicted molar refractivity (Wildman–Crippen MR) is 94.5 cm³/mol. The average molecular weight is 345 g/mol. The van der Waals surface area contributed by atoms with Gasteiger partial charge in [-0.15, -0.1) is 0 Å². The second-order valence-electron chi connectivity index (χ2n) is 5.15. The molecule has 0 heterocycles. The number of hydrogen-bond donors (Lipinski definition) is 2. The van der Waals surface area contributed by atoms with Crippen LogP contribution in [-0.4, -0.2) is 19.6 Å². The lowest BCUT2D eigenvalue weighted by atomic mass is 10.1. The van der Waals surface area contributed by atoms with Crippen LogP contribution < -0.4 is 10.6 Å². The molecule has 0 aliphatic rings. The van der Waals surface area contributed by atoms with Crippen molar-refractivity contribution in [1.29, 1.82) is 5.26 Å². The van der Waals surface area contributed by atoms with Gasteiger partial charge in [0.1, 0.15) is 5.82 Å². The Balaban J connectivity index is 1.84. The van der Waals surface area contributed by atoms with Gasteiger partial charge in [-0.1, -0.05) is 23.7 Å². The molecule has 0 fully saturated rings. The van der Waals surface area contributed by atoms with E-state index in [9.17, 15) is 4.39 Å². The molecule has 0 bridgehead atoms. The number of nitrogens with zero attached hydrogens (tertiary/aromatic N) is 2. The number of aliphatic imine (C=N–C) groups is 1. The summed E-state index contributed by atoms with van der Waals surface area (Å²) in [6.45, 7) is 0.935. The van der Waals surface area contributed by atoms with Crippen LogP contribution in [0.4, 0.5) is 4.39 Å². The van der Waals surface area contributed by atoms with Gasteiger partial charge >= 0.3 is 0 Å². The van der Waals surface area contributed by atoms with Crippen LogP contribution in [0, 0.1) is 17.1 Å². The molecule has 6 heteroatoms. The van der Waals surface area contributed by atoms with Crippen LogP contribution in [0.2, 0.25) is 5.02 Å². The van der Waals surface area contributed by atoms with Gasteiger partial charge in [-0.25, -0.2) is 4.39 Å². The first-order valence-electron chi connectivity index (χ1n) is 7.50. The van der Waals surface area contributed by atoms with Crippen molar-refractivity contribution in [3.8, 4) is 6.07 Å². The lowest BCUT2D eigenvalue weighted by Gasteiger charge is -2.12. The van der Waals surface area contributed by atoms with Gasteiger partial charge in [-0.3, -0.25) is 4.99 Å². The molecule has 0 radical (unpaired) electrons. The third kappa shape index (κ3) is 5.25. The van der Waals surface area contributed by atoms with E-state index in [0.717, 1.165) is 12.0 Å². The second kappa shape index (κ2) is 8.90. The highest BCUT2D eigenvalue weighted by Gasteiger charge is 2.05. The number of nitrogens with one attached hydrogen (secondary N) is 2. The van der Waals surface area contributed by atoms with Gasteiger partial charge in [-0.2, -0.15) is 5.26 Å². The van der Waals surface area contributed by atoms with E-state index in [4.69, 9.17) is 16.9 Å². The molecular weight excluding hydrogens is 327 g/mol. The Morgan fingerprint density at radius 1 is 1.21 bits per heavy atom. The molecule has 0 aliphatic heterocycles. The van der Waals surface area contributed by atoms with Gasteiger partial charge < -0.3 is 10.6 Å². The van der Waals surface area contributed by atoms with Gasteiger partial charge in [0.15, 0.2) is 5.96 Å². The van der Waals surface area contributed by atoms with Crippen LogP contribution in [0.25, 0.3) is 0 Å². The maximum atomic E-state index is 13.7. The number of rotatable bonds is 5. The van der Waals surface area contributed by atoms with Gasteiger partial charge in [0.05, 0.1) is 11.6 Å². The summed E-state index contributed by atoms with van der Waals surface area (Å²) >= 11 is 5.86. The summed E-state index contributed by atoms with van der Waals surface area (Å²) in [5.41, 5.74) is 2.02. The van der Waals surface area contributed by atoms with E-state index in [-0.39, 0.29) is 12.4 Å². The summed E-state index contributed by atoms with van der Waals surface area (Å²) in [5, 5.41) is 15.8. The Hall–Kier alpha value is -2.58. The van der Waals surface area contributed by atoms with Gasteiger partial charge in [0.2, 0.25) is 0 Å². The van der Waals surface area contributed by atoms with Crippen LogP contribution in [-0.2, 0) is 13.0 Å². The molecule has 0 saturated heterocycles. The number of nitriles is 1. The first kappa shape index (κ1) is 17.8. The number of guanidine groups is 1. The topological polar surface area (TPSA) is 60.2 Å². The normalized spacial score (nSPS) is 11.0. The second-order valence-corrected chi connectivity index (χ2v) is 5.58. The van der Waals surface area contributed by atoms with Crippen LogP contribution in [0.5, 0.6) is 0 Å². The smallest absolute Gasteiger partial charge is 0.191 e. The lowest BCUT2D eigenvalue weighted by molar-refractivity contribution is 0.604. The molecule has 2 rings (SSSR count). The van der Waals surface area contributed by atoms with Crippen molar-refractivity contribution >= 4 is 17.6 Å². The molecule has 0 aliphatic carbocycles. The molecule has 0 atom stereocenters. The quantitative estimate of drug-likeness (QED) is 0.646. The molecule has 0 unspecified atom stereocenters. The Morgan fingerprint density at radius 3 is 2.62 bits per heavy atom. The molecule has 24 heavy (non-hydrogen) atoms. The van der Waals surface area contributed by atoms with Crippen molar-refractivity contribution in [2.75, 3.05) is 13.6 Å². The number of halogens is 2. The molecule has 0 saturated carbocycles. The Kier molecular flexibility index (Phi) is 6.59. The SMILES string of the molecule is CN=C(NCCc1ccc(Cl)cc1)NCc1cc(C#N)ccc1F. The molecule has 2 N–H and O–H groups in total. The summed E-state index contributed by atoms with van der Waals surface area (Å²) < 4.78 is 13.7. The predicted octanol–water partition coefficient (Wildman–Crippen LogP) is 3.26. The van der Waals surface area contributed by atoms with E-state index < -0.39 is 0 Å². The number of hydrogen-bond acceptors (Lipinski definition) is 2. The summed E-state index contributed by atoms with van der Waals surface area (Å²) in [6.07, 6.45) is 0.816. The van der Waals surface area contributed by atoms with Crippen LogP contribution in [0.15, 0.2) is 47.5 Å². The summed E-state index contributed by atoms with van der Waals surface area (Å²) in [4.78, 5) is 4.11. The fourth-order valence-electron chi connectivity index (χ4n) is 2.16. The minimum atomic E-state index is -0.349. The highest BCUT2D eigenvalue weighted by Crippen LogP contribution is 2.10. The van der Waals surface area contributed by atoms with E-state index in [1.54, 1.807) is 7.05 Å². The van der Waals surface area contributed by atoms with Crippen molar-refractivity contribution in [3.63, 3.8) is 0 Å². The molecule has 124 valence electrons. The van der Waals surface area contributed by atoms with E-state index in [0.29, 0.717) is 28.7 Å². The summed E-state index contributed by atoms with van der Waals surface area (Å²) in [7, 11) is 1.65. The highest BCUT2D eigenvalue weighted by molar-refractivity contribution is 6.30. The van der Waals surface area contributed by atoms with Gasteiger partial charge in [0, 0.05) is 30.7 Å². The molecule has 0 spiro atoms. The largest absolute Gasteiger partial charge is 0.356 e. The fourth-order valence-corrected chi connectivity index (χ4v) is 2.28. The van der Waals surface area contributed by atoms with Crippen molar-refractivity contribution < 1.29 is 4.39 Å². The maximum absolute atomic E-state index is 13.7. The minimum absolute atomic E-state index is 0.252. The molecular formula is C18H18ClFN4. The molecule has 2 aromatic rings. The zero-order valence-electron chi connectivity index (χ0n) is 13.3. The Labute approximate surface area is 146 Å². The number of benzene rings is 2. The Bertz CT molecular complexity index is 751. The average Bonchev–Trinajstić information content (AvgIpc) is 2.60. The molecule has 0 aromatic heterocycles. The highest BCUT2D eigenvalue weighted by atomic mass is 35.5. The zero-order chi connectivity index (χ0) is 17.4. The summed E-state index contributed by atoms with van der Waals surface area (Å²) in [5.74, 6) is 0.226. The summed E-state index contributed by atoms with van der Waals surface area (Å²) in [6, 6.07) is 14.0. The van der Waals surface area contributed by atoms with E-state index in [2.05, 4.69) is 15.6 Å². The molecule has 4 nitrogen and oxygen atoms in total. The third-order valence-corrected chi connectivity index (χ3v) is 3.72. The van der Waals surface area contributed by atoms with Crippen LogP contribution in [0.3, 0.4) is 0 Å². The standard InChI is InChI=1S/C18H18ClFN4/c1-22-18(23-9-8-13-2-5-16(19)6-3-13)24-12-15-10-14(11-21)4-7-17(15)20/h2-7,10H,8-9,12H2,1H3,(H2,22,23,24). The monoisotopic (exact) mass is 344 g/mol. The van der Waals surface area contributed by atoms with Gasteiger partial charge in [0.25, 0.3) is 0 Å². The maximum Gasteiger partial charge on any atom is 0.191 e. The van der Waals surface area contributed by atoms with E-state index in [1.807, 2.05) is 30.3 Å². The van der Waals surface area contributed by atoms with E-state index in [1.165, 1.54) is 18.2 Å². The molecule has 2 aromatic carbocycles. The van der Waals surface area contributed by atoms with Crippen molar-refractivity contribution in [2.45, 2.75) is 13.0 Å². The van der Waals surface area contributed by atoms with Crippen LogP contribution >= 0.6 is 11.6 Å². The van der Waals surface area contributed by atoms with E-state index >= 15 is 0 Å². The first-order chi connectivity index (χ1) is 11.6. The fraction of sp³-hybridized carbons (Fsp3) is 0.222. The van der Waals surface area contributed by atoms with Crippen molar-refractivity contribution in [3.05, 3.63) is 70.0 Å². The van der Waals surface area contributed by atoms with Gasteiger partial charge in [-0.05, 0) is 42.3 Å². The lowest BCUT2D eigenvalue weighted by Crippen LogP contribution is -2.38. The third-order valence-electron chi connectivity index (χ3n) is 3.46. The minimum Gasteiger partial charge on any atom is -0.356 e. The van der Waals surface area contributed by atoms with Crippen molar-refractivity contribution in [2.24, 2.45) is 4.99 Å². The van der Waals surface area contributed by atoms with Crippen LogP contribution in [0.1, 0.15) is 16.7 Å². The molecule has 0 amide bonds. The van der Waals surface area contributed by atoms with Crippen molar-refractivity contribution in [1.82, 2.24) is 10.6 Å². The Morgan fingerprint density at radius 2 is 1.96 bits per heavy atom. The zero-order valence-corrected chi connectivity index (χ0v) is 14.1. The first-order valence-corrected chi connectivity index (χ1v) is 7.87.